The highest BCUT2D eigenvalue weighted by atomic mass is 14.1. The molecule has 0 saturated heterocycles. The molecule has 0 heteroatoms. The highest BCUT2D eigenvalue weighted by Crippen LogP contribution is 2.17. The van der Waals surface area contributed by atoms with E-state index in [4.69, 9.17) is 0 Å². The van der Waals surface area contributed by atoms with E-state index in [2.05, 4.69) is 151 Å². The molecule has 0 aliphatic carbocycles. The van der Waals surface area contributed by atoms with Gasteiger partial charge in [0.05, 0.1) is 0 Å². The highest BCUT2D eigenvalue weighted by Gasteiger charge is 2.01. The van der Waals surface area contributed by atoms with Gasteiger partial charge in [-0.1, -0.05) is 120 Å². The van der Waals surface area contributed by atoms with E-state index in [1.165, 1.54) is 66.8 Å². The zero-order valence-electron chi connectivity index (χ0n) is 24.5. The van der Waals surface area contributed by atoms with Gasteiger partial charge in [-0.15, -0.1) is 0 Å². The standard InChI is InChI=1S/C23H24.C16H18/c1-17-4-7-20(8-5-17)15-21-10-12-22(13-11-21)16-23-9-6-18(2)19(3)14-23;1-12-4-7-15(8-5-12)11-16-9-6-13(2)14(3)10-16/h4-14H,15-16H2,1-3H3;4-10H,11H2,1-3H3. The molecule has 0 unspecified atom stereocenters. The topological polar surface area (TPSA) is 0 Å². The van der Waals surface area contributed by atoms with E-state index >= 15 is 0 Å². The van der Waals surface area contributed by atoms with E-state index in [-0.39, 0.29) is 0 Å². The first-order valence-electron chi connectivity index (χ1n) is 14.1. The van der Waals surface area contributed by atoms with Crippen LogP contribution in [-0.2, 0) is 19.3 Å². The number of hydrogen-bond acceptors (Lipinski definition) is 0. The zero-order chi connectivity index (χ0) is 27.8. The first-order valence-corrected chi connectivity index (χ1v) is 14.1. The second-order valence-electron chi connectivity index (χ2n) is 11.2. The Balaban J connectivity index is 0.000000193. The molecule has 0 nitrogen and oxygen atoms in total. The molecule has 5 rings (SSSR count). The van der Waals surface area contributed by atoms with Gasteiger partial charge in [-0.2, -0.15) is 0 Å². The van der Waals surface area contributed by atoms with Crippen LogP contribution in [0.2, 0.25) is 0 Å². The number of rotatable bonds is 6. The Kier molecular flexibility index (Phi) is 9.55. The summed E-state index contributed by atoms with van der Waals surface area (Å²) in [6.45, 7) is 12.9. The van der Waals surface area contributed by atoms with Crippen LogP contribution in [0.4, 0.5) is 0 Å². The Morgan fingerprint density at radius 2 is 0.538 bits per heavy atom. The maximum atomic E-state index is 2.30. The summed E-state index contributed by atoms with van der Waals surface area (Å²) in [5.74, 6) is 0. The van der Waals surface area contributed by atoms with Gasteiger partial charge in [0.15, 0.2) is 0 Å². The molecule has 0 saturated carbocycles. The van der Waals surface area contributed by atoms with E-state index in [9.17, 15) is 0 Å². The lowest BCUT2D eigenvalue weighted by Crippen LogP contribution is -1.92. The monoisotopic (exact) mass is 510 g/mol. The summed E-state index contributed by atoms with van der Waals surface area (Å²) >= 11 is 0. The van der Waals surface area contributed by atoms with Gasteiger partial charge in [-0.05, 0) is 116 Å². The molecule has 0 aliphatic heterocycles. The van der Waals surface area contributed by atoms with Crippen LogP contribution >= 0.6 is 0 Å². The number of hydrogen-bond donors (Lipinski definition) is 0. The van der Waals surface area contributed by atoms with Gasteiger partial charge in [0.1, 0.15) is 0 Å². The van der Waals surface area contributed by atoms with E-state index in [0.29, 0.717) is 0 Å². The average molecular weight is 511 g/mol. The fourth-order valence-corrected chi connectivity index (χ4v) is 4.72. The smallest absolute Gasteiger partial charge is 0.00257 e. The van der Waals surface area contributed by atoms with Crippen LogP contribution in [0.25, 0.3) is 0 Å². The van der Waals surface area contributed by atoms with Crippen molar-refractivity contribution >= 4 is 0 Å². The minimum Gasteiger partial charge on any atom is -0.0590 e. The minimum atomic E-state index is 1.00. The molecule has 5 aromatic rings. The molecular weight excluding hydrogens is 468 g/mol. The largest absolute Gasteiger partial charge is 0.0590 e. The van der Waals surface area contributed by atoms with Crippen molar-refractivity contribution in [1.82, 2.24) is 0 Å². The van der Waals surface area contributed by atoms with Gasteiger partial charge in [0, 0.05) is 0 Å². The maximum absolute atomic E-state index is 2.30. The third-order valence-electron chi connectivity index (χ3n) is 7.63. The third kappa shape index (κ3) is 8.55. The molecular formula is C39H42. The average Bonchev–Trinajstić information content (AvgIpc) is 2.92. The fraction of sp³-hybridized carbons (Fsp3) is 0.231. The lowest BCUT2D eigenvalue weighted by Gasteiger charge is -2.07. The van der Waals surface area contributed by atoms with Crippen LogP contribution in [0.1, 0.15) is 66.8 Å². The predicted molar refractivity (Wildman–Crippen MR) is 169 cm³/mol. The van der Waals surface area contributed by atoms with Gasteiger partial charge in [0.25, 0.3) is 0 Å². The number of aryl methyl sites for hydroxylation is 6. The van der Waals surface area contributed by atoms with Crippen LogP contribution in [0, 0.1) is 41.5 Å². The summed E-state index contributed by atoms with van der Waals surface area (Å²) in [5.41, 5.74) is 16.4. The molecule has 0 heterocycles. The Morgan fingerprint density at radius 1 is 0.282 bits per heavy atom. The van der Waals surface area contributed by atoms with E-state index < -0.39 is 0 Å². The van der Waals surface area contributed by atoms with Gasteiger partial charge in [0.2, 0.25) is 0 Å². The normalized spacial score (nSPS) is 10.6. The minimum absolute atomic E-state index is 1.00. The van der Waals surface area contributed by atoms with Crippen molar-refractivity contribution in [3.8, 4) is 0 Å². The van der Waals surface area contributed by atoms with Gasteiger partial charge in [-0.3, -0.25) is 0 Å². The van der Waals surface area contributed by atoms with Gasteiger partial charge in [-0.25, -0.2) is 0 Å². The Hall–Kier alpha value is -3.90. The molecule has 0 fully saturated rings. The maximum Gasteiger partial charge on any atom is -0.00257 e. The quantitative estimate of drug-likeness (QED) is 0.213. The van der Waals surface area contributed by atoms with Crippen LogP contribution in [0.5, 0.6) is 0 Å². The van der Waals surface area contributed by atoms with Gasteiger partial charge >= 0.3 is 0 Å². The van der Waals surface area contributed by atoms with Crippen molar-refractivity contribution in [2.45, 2.75) is 60.8 Å². The summed E-state index contributed by atoms with van der Waals surface area (Å²) < 4.78 is 0. The van der Waals surface area contributed by atoms with Gasteiger partial charge < -0.3 is 0 Å². The van der Waals surface area contributed by atoms with Crippen molar-refractivity contribution in [2.24, 2.45) is 0 Å². The molecule has 0 aliphatic rings. The highest BCUT2D eigenvalue weighted by molar-refractivity contribution is 5.36. The first kappa shape index (κ1) is 28.1. The lowest BCUT2D eigenvalue weighted by molar-refractivity contribution is 1.14. The molecule has 0 bridgehead atoms. The van der Waals surface area contributed by atoms with Crippen LogP contribution in [-0.4, -0.2) is 0 Å². The molecule has 0 atom stereocenters. The number of benzene rings is 5. The summed E-state index contributed by atoms with van der Waals surface area (Å²) in [5, 5.41) is 0. The van der Waals surface area contributed by atoms with Crippen LogP contribution < -0.4 is 0 Å². The molecule has 0 spiro atoms. The summed E-state index contributed by atoms with van der Waals surface area (Å²) in [7, 11) is 0. The first-order chi connectivity index (χ1) is 18.7. The molecule has 198 valence electrons. The van der Waals surface area contributed by atoms with Crippen molar-refractivity contribution in [1.29, 1.82) is 0 Å². The molecule has 0 N–H and O–H groups in total. The summed E-state index contributed by atoms with van der Waals surface area (Å²) in [6, 6.07) is 40.1. The van der Waals surface area contributed by atoms with Crippen molar-refractivity contribution in [2.75, 3.05) is 0 Å². The molecule has 0 aromatic heterocycles. The Labute approximate surface area is 236 Å². The molecule has 0 radical (unpaired) electrons. The third-order valence-corrected chi connectivity index (χ3v) is 7.63. The predicted octanol–water partition coefficient (Wildman–Crippen LogP) is 10.00. The zero-order valence-corrected chi connectivity index (χ0v) is 24.5. The Bertz CT molecular complexity index is 1480. The van der Waals surface area contributed by atoms with E-state index in [1.54, 1.807) is 0 Å². The summed E-state index contributed by atoms with van der Waals surface area (Å²) in [6.07, 6.45) is 3.04. The lowest BCUT2D eigenvalue weighted by atomic mass is 9.98. The van der Waals surface area contributed by atoms with E-state index in [0.717, 1.165) is 19.3 Å². The molecule has 0 amide bonds. The van der Waals surface area contributed by atoms with E-state index in [1.807, 2.05) is 0 Å². The van der Waals surface area contributed by atoms with Crippen LogP contribution in [0.15, 0.2) is 109 Å². The second kappa shape index (κ2) is 13.3. The molecule has 5 aromatic carbocycles. The fourth-order valence-electron chi connectivity index (χ4n) is 4.72. The Morgan fingerprint density at radius 3 is 0.846 bits per heavy atom. The summed E-state index contributed by atoms with van der Waals surface area (Å²) in [4.78, 5) is 0. The SMILES string of the molecule is Cc1ccc(Cc2ccc(C)c(C)c2)cc1.Cc1ccc(Cc2ccc(Cc3ccc(C)c(C)c3)cc2)cc1. The van der Waals surface area contributed by atoms with Crippen molar-refractivity contribution in [3.63, 3.8) is 0 Å². The van der Waals surface area contributed by atoms with Crippen molar-refractivity contribution < 1.29 is 0 Å². The molecule has 39 heavy (non-hydrogen) atoms. The second-order valence-corrected chi connectivity index (χ2v) is 11.2. The van der Waals surface area contributed by atoms with Crippen molar-refractivity contribution in [3.05, 3.63) is 176 Å². The van der Waals surface area contributed by atoms with Crippen LogP contribution in [0.3, 0.4) is 0 Å².